The maximum atomic E-state index is 12.3. The van der Waals surface area contributed by atoms with Crippen LogP contribution in [0.5, 0.6) is 0 Å². The molecule has 2 rings (SSSR count). The molecule has 1 atom stereocenters. The second-order valence-corrected chi connectivity index (χ2v) is 7.22. The molecule has 2 N–H and O–H groups in total. The van der Waals surface area contributed by atoms with Crippen molar-refractivity contribution in [2.75, 3.05) is 19.6 Å². The molecule has 0 spiro atoms. The molecule has 0 aliphatic carbocycles. The van der Waals surface area contributed by atoms with Crippen LogP contribution in [0.4, 0.5) is 0 Å². The molecule has 1 aliphatic heterocycles. The Balaban J connectivity index is 2.07. The molecule has 1 aromatic rings. The highest BCUT2D eigenvalue weighted by atomic mass is 32.2. The van der Waals surface area contributed by atoms with E-state index >= 15 is 0 Å². The van der Waals surface area contributed by atoms with Crippen molar-refractivity contribution in [3.63, 3.8) is 0 Å². The quantitative estimate of drug-likeness (QED) is 0.797. The fourth-order valence-corrected chi connectivity index (χ4v) is 3.92. The van der Waals surface area contributed by atoms with Gasteiger partial charge in [0.25, 0.3) is 0 Å². The molecule has 0 saturated carbocycles. The maximum Gasteiger partial charge on any atom is 0.352 e. The summed E-state index contributed by atoms with van der Waals surface area (Å²) in [7, 11) is -2.19. The van der Waals surface area contributed by atoms with Gasteiger partial charge in [0.05, 0.1) is 0 Å². The predicted octanol–water partition coefficient (Wildman–Crippen LogP) is 0.486. The molecule has 1 fully saturated rings. The molecule has 0 radical (unpaired) electrons. The summed E-state index contributed by atoms with van der Waals surface area (Å²) in [6.07, 6.45) is 3.62. The van der Waals surface area contributed by atoms with Gasteiger partial charge in [0.2, 0.25) is 10.0 Å². The van der Waals surface area contributed by atoms with Gasteiger partial charge in [-0.15, -0.1) is 0 Å². The first kappa shape index (κ1) is 16.0. The Morgan fingerprint density at radius 3 is 2.57 bits per heavy atom. The second kappa shape index (κ2) is 6.17. The number of nitrogens with zero attached hydrogens (tertiary/aromatic N) is 2. The summed E-state index contributed by atoms with van der Waals surface area (Å²) in [6.45, 7) is 4.48. The SMILES string of the molecule is CC(CN1CCCC1)NS(=O)(=O)c1cc(C(=O)O)n(C)c1. The maximum absolute atomic E-state index is 12.3. The number of aromatic carboxylic acids is 1. The standard InChI is InChI=1S/C13H21N3O4S/c1-10(8-16-5-3-4-6-16)14-21(19,20)11-7-12(13(17)18)15(2)9-11/h7,9-10,14H,3-6,8H2,1-2H3,(H,17,18). The molecule has 7 nitrogen and oxygen atoms in total. The number of carbonyl (C=O) groups is 1. The van der Waals surface area contributed by atoms with E-state index < -0.39 is 16.0 Å². The fraction of sp³-hybridized carbons (Fsp3) is 0.615. The number of hydrogen-bond acceptors (Lipinski definition) is 4. The molecule has 0 amide bonds. The molecule has 1 aliphatic rings. The highest BCUT2D eigenvalue weighted by Gasteiger charge is 2.23. The third-order valence-electron chi connectivity index (χ3n) is 3.60. The number of aromatic nitrogens is 1. The van der Waals surface area contributed by atoms with Crippen molar-refractivity contribution in [3.8, 4) is 0 Å². The summed E-state index contributed by atoms with van der Waals surface area (Å²) in [5.41, 5.74) is -0.0532. The first-order chi connectivity index (χ1) is 9.79. The molecule has 0 aromatic carbocycles. The van der Waals surface area contributed by atoms with Crippen molar-refractivity contribution in [2.45, 2.75) is 30.7 Å². The Bertz CT molecular complexity index is 617. The van der Waals surface area contributed by atoms with Gasteiger partial charge < -0.3 is 14.6 Å². The lowest BCUT2D eigenvalue weighted by Crippen LogP contribution is -2.40. The molecule has 1 unspecified atom stereocenters. The van der Waals surface area contributed by atoms with Gasteiger partial charge in [0.15, 0.2) is 0 Å². The van der Waals surface area contributed by atoms with Gasteiger partial charge in [0.1, 0.15) is 10.6 Å². The summed E-state index contributed by atoms with van der Waals surface area (Å²) in [4.78, 5) is 13.2. The second-order valence-electron chi connectivity index (χ2n) is 5.51. The van der Waals surface area contributed by atoms with E-state index in [-0.39, 0.29) is 16.6 Å². The third kappa shape index (κ3) is 3.84. The van der Waals surface area contributed by atoms with Gasteiger partial charge >= 0.3 is 5.97 Å². The van der Waals surface area contributed by atoms with Crippen molar-refractivity contribution < 1.29 is 18.3 Å². The first-order valence-corrected chi connectivity index (χ1v) is 8.42. The van der Waals surface area contributed by atoms with E-state index in [2.05, 4.69) is 9.62 Å². The lowest BCUT2D eigenvalue weighted by molar-refractivity contribution is 0.0686. The Morgan fingerprint density at radius 2 is 2.05 bits per heavy atom. The Hall–Kier alpha value is -1.38. The smallest absolute Gasteiger partial charge is 0.352 e. The molecular formula is C13H21N3O4S. The Morgan fingerprint density at radius 1 is 1.43 bits per heavy atom. The summed E-state index contributed by atoms with van der Waals surface area (Å²) in [6, 6.07) is 0.953. The van der Waals surface area contributed by atoms with Crippen LogP contribution in [0.3, 0.4) is 0 Å². The van der Waals surface area contributed by atoms with Crippen molar-refractivity contribution in [3.05, 3.63) is 18.0 Å². The number of carboxylic acid groups (broad SMARTS) is 1. The topological polar surface area (TPSA) is 91.6 Å². The van der Waals surface area contributed by atoms with E-state index in [9.17, 15) is 13.2 Å². The van der Waals surface area contributed by atoms with Crippen LogP contribution < -0.4 is 4.72 Å². The van der Waals surface area contributed by atoms with Crippen molar-refractivity contribution >= 4 is 16.0 Å². The van der Waals surface area contributed by atoms with Gasteiger partial charge in [0, 0.05) is 25.8 Å². The van der Waals surface area contributed by atoms with Crippen molar-refractivity contribution in [1.82, 2.24) is 14.2 Å². The monoisotopic (exact) mass is 315 g/mol. The molecule has 21 heavy (non-hydrogen) atoms. The molecule has 2 heterocycles. The fourth-order valence-electron chi connectivity index (χ4n) is 2.62. The molecule has 8 heteroatoms. The number of likely N-dealkylation sites (tertiary alicyclic amines) is 1. The van der Waals surface area contributed by atoms with Crippen molar-refractivity contribution in [2.24, 2.45) is 7.05 Å². The van der Waals surface area contributed by atoms with Crippen LogP contribution in [0, 0.1) is 0 Å². The minimum atomic E-state index is -3.70. The van der Waals surface area contributed by atoms with E-state index in [1.165, 1.54) is 23.9 Å². The van der Waals surface area contributed by atoms with E-state index in [1.54, 1.807) is 0 Å². The lowest BCUT2D eigenvalue weighted by Gasteiger charge is -2.20. The van der Waals surface area contributed by atoms with E-state index in [1.807, 2.05) is 6.92 Å². The van der Waals surface area contributed by atoms with Crippen LogP contribution in [0.25, 0.3) is 0 Å². The highest BCUT2D eigenvalue weighted by molar-refractivity contribution is 7.89. The van der Waals surface area contributed by atoms with E-state index in [4.69, 9.17) is 5.11 Å². The third-order valence-corrected chi connectivity index (χ3v) is 5.15. The van der Waals surface area contributed by atoms with Crippen LogP contribution in [-0.4, -0.2) is 54.6 Å². The van der Waals surface area contributed by atoms with Crippen molar-refractivity contribution in [1.29, 1.82) is 0 Å². The summed E-state index contributed by atoms with van der Waals surface area (Å²) < 4.78 is 28.4. The summed E-state index contributed by atoms with van der Waals surface area (Å²) >= 11 is 0. The highest BCUT2D eigenvalue weighted by Crippen LogP contribution is 2.14. The van der Waals surface area contributed by atoms with Crippen LogP contribution >= 0.6 is 0 Å². The zero-order valence-corrected chi connectivity index (χ0v) is 13.1. The molecule has 1 aromatic heterocycles. The average molecular weight is 315 g/mol. The average Bonchev–Trinajstić information content (AvgIpc) is 2.97. The zero-order valence-electron chi connectivity index (χ0n) is 12.2. The number of rotatable bonds is 6. The minimum Gasteiger partial charge on any atom is -0.477 e. The van der Waals surface area contributed by atoms with Crippen LogP contribution in [0.2, 0.25) is 0 Å². The predicted molar refractivity (Wildman–Crippen MR) is 77.8 cm³/mol. The zero-order chi connectivity index (χ0) is 15.6. The lowest BCUT2D eigenvalue weighted by atomic mass is 10.3. The number of nitrogens with one attached hydrogen (secondary N) is 1. The van der Waals surface area contributed by atoms with Gasteiger partial charge in [-0.2, -0.15) is 0 Å². The van der Waals surface area contributed by atoms with E-state index in [0.29, 0.717) is 6.54 Å². The van der Waals surface area contributed by atoms with Crippen LogP contribution in [0.1, 0.15) is 30.3 Å². The van der Waals surface area contributed by atoms with Gasteiger partial charge in [-0.1, -0.05) is 0 Å². The molecule has 0 bridgehead atoms. The number of aryl methyl sites for hydroxylation is 1. The summed E-state index contributed by atoms with van der Waals surface area (Å²) in [5.74, 6) is -1.15. The minimum absolute atomic E-state index is 0.0179. The van der Waals surface area contributed by atoms with Crippen LogP contribution in [-0.2, 0) is 17.1 Å². The van der Waals surface area contributed by atoms with Gasteiger partial charge in [-0.05, 0) is 38.9 Å². The van der Waals surface area contributed by atoms with Crippen LogP contribution in [0.15, 0.2) is 17.2 Å². The summed E-state index contributed by atoms with van der Waals surface area (Å²) in [5, 5.41) is 8.97. The number of sulfonamides is 1. The Labute approximate surface area is 124 Å². The normalized spacial score (nSPS) is 18.0. The first-order valence-electron chi connectivity index (χ1n) is 6.94. The number of hydrogen-bond donors (Lipinski definition) is 2. The molecular weight excluding hydrogens is 294 g/mol. The van der Waals surface area contributed by atoms with Gasteiger partial charge in [-0.25, -0.2) is 17.9 Å². The number of carboxylic acids is 1. The largest absolute Gasteiger partial charge is 0.477 e. The van der Waals surface area contributed by atoms with Gasteiger partial charge in [-0.3, -0.25) is 0 Å². The molecule has 118 valence electrons. The van der Waals surface area contributed by atoms with E-state index in [0.717, 1.165) is 25.9 Å². The Kier molecular flexibility index (Phi) is 4.70. The molecule has 1 saturated heterocycles.